The van der Waals surface area contributed by atoms with E-state index >= 15 is 0 Å². The molecule has 2 nitrogen and oxygen atoms in total. The Bertz CT molecular complexity index is 367. The maximum atomic E-state index is 6.03. The van der Waals surface area contributed by atoms with Gasteiger partial charge < -0.3 is 10.5 Å². The Balaban J connectivity index is 2.16. The van der Waals surface area contributed by atoms with E-state index in [0.717, 1.165) is 30.3 Å². The quantitative estimate of drug-likeness (QED) is 0.857. The van der Waals surface area contributed by atoms with Gasteiger partial charge in [0.25, 0.3) is 0 Å². The highest BCUT2D eigenvalue weighted by Gasteiger charge is 2.38. The lowest BCUT2D eigenvalue weighted by Crippen LogP contribution is -2.03. The summed E-state index contributed by atoms with van der Waals surface area (Å²) < 4.78 is 5.74. The van der Waals surface area contributed by atoms with Crippen molar-refractivity contribution in [2.45, 2.75) is 25.7 Å². The van der Waals surface area contributed by atoms with Gasteiger partial charge in [0, 0.05) is 5.02 Å². The maximum absolute atomic E-state index is 6.03. The van der Waals surface area contributed by atoms with Gasteiger partial charge in [-0.1, -0.05) is 18.5 Å². The molecule has 0 saturated heterocycles. The summed E-state index contributed by atoms with van der Waals surface area (Å²) in [6.07, 6.45) is 2.19. The van der Waals surface area contributed by atoms with E-state index in [1.165, 1.54) is 12.0 Å². The topological polar surface area (TPSA) is 35.2 Å². The van der Waals surface area contributed by atoms with Gasteiger partial charge in [0.1, 0.15) is 5.75 Å². The van der Waals surface area contributed by atoms with Gasteiger partial charge in [-0.2, -0.15) is 0 Å². The molecule has 1 saturated carbocycles. The summed E-state index contributed by atoms with van der Waals surface area (Å²) in [4.78, 5) is 0. The van der Waals surface area contributed by atoms with E-state index in [2.05, 4.69) is 6.92 Å². The van der Waals surface area contributed by atoms with Crippen LogP contribution in [-0.4, -0.2) is 13.2 Å². The van der Waals surface area contributed by atoms with Crippen LogP contribution in [0.3, 0.4) is 0 Å². The summed E-state index contributed by atoms with van der Waals surface area (Å²) in [6.45, 7) is 3.62. The minimum absolute atomic E-state index is 0.551. The second-order valence-electron chi connectivity index (χ2n) is 4.37. The molecule has 0 radical (unpaired) electrons. The highest BCUT2D eigenvalue weighted by atomic mass is 35.5. The number of hydrogen-bond acceptors (Lipinski definition) is 2. The molecule has 0 bridgehead atoms. The first-order valence-corrected chi connectivity index (χ1v) is 6.26. The van der Waals surface area contributed by atoms with Crippen LogP contribution in [0.4, 0.5) is 0 Å². The van der Waals surface area contributed by atoms with Crippen molar-refractivity contribution in [2.24, 2.45) is 11.7 Å². The van der Waals surface area contributed by atoms with Crippen molar-refractivity contribution in [3.63, 3.8) is 0 Å². The third-order valence-electron chi connectivity index (χ3n) is 3.06. The van der Waals surface area contributed by atoms with Crippen molar-refractivity contribution in [1.29, 1.82) is 0 Å². The first-order valence-electron chi connectivity index (χ1n) is 5.88. The van der Waals surface area contributed by atoms with Gasteiger partial charge in [-0.15, -0.1) is 0 Å². The minimum atomic E-state index is 0.551. The Morgan fingerprint density at radius 3 is 2.94 bits per heavy atom. The lowest BCUT2D eigenvalue weighted by Gasteiger charge is -2.11. The molecule has 1 aliphatic carbocycles. The Labute approximate surface area is 102 Å². The molecule has 88 valence electrons. The molecule has 0 aliphatic heterocycles. The van der Waals surface area contributed by atoms with E-state index < -0.39 is 0 Å². The van der Waals surface area contributed by atoms with Crippen LogP contribution < -0.4 is 10.5 Å². The van der Waals surface area contributed by atoms with Crippen LogP contribution in [-0.2, 0) is 0 Å². The van der Waals surface area contributed by atoms with E-state index in [-0.39, 0.29) is 0 Å². The molecule has 1 aromatic carbocycles. The second kappa shape index (κ2) is 5.07. The van der Waals surface area contributed by atoms with E-state index in [0.29, 0.717) is 11.8 Å². The fraction of sp³-hybridized carbons (Fsp3) is 0.538. The number of hydrogen-bond donors (Lipinski definition) is 1. The molecule has 0 heterocycles. The molecule has 2 N–H and O–H groups in total. The van der Waals surface area contributed by atoms with Crippen LogP contribution in [0, 0.1) is 5.92 Å². The Morgan fingerprint density at radius 2 is 2.31 bits per heavy atom. The standard InChI is InChI=1S/C13H18ClNO/c1-2-5-16-13-4-3-10(14)7-12(13)11-6-9(11)8-15/h3-4,7,9,11H,2,5-6,8,15H2,1H3/t9-,11+/m1/s1. The molecule has 3 heteroatoms. The lowest BCUT2D eigenvalue weighted by atomic mass is 10.1. The smallest absolute Gasteiger partial charge is 0.122 e. The first kappa shape index (κ1) is 11.7. The zero-order valence-corrected chi connectivity index (χ0v) is 10.3. The molecule has 16 heavy (non-hydrogen) atoms. The predicted molar refractivity (Wildman–Crippen MR) is 67.1 cm³/mol. The maximum Gasteiger partial charge on any atom is 0.122 e. The monoisotopic (exact) mass is 239 g/mol. The second-order valence-corrected chi connectivity index (χ2v) is 4.81. The van der Waals surface area contributed by atoms with Crippen molar-refractivity contribution >= 4 is 11.6 Å². The van der Waals surface area contributed by atoms with Gasteiger partial charge >= 0.3 is 0 Å². The van der Waals surface area contributed by atoms with Crippen molar-refractivity contribution in [3.8, 4) is 5.75 Å². The summed E-state index contributed by atoms with van der Waals surface area (Å²) in [5, 5.41) is 0.779. The Morgan fingerprint density at radius 1 is 1.50 bits per heavy atom. The van der Waals surface area contributed by atoms with Gasteiger partial charge in [0.05, 0.1) is 6.61 Å². The predicted octanol–water partition coefficient (Wildman–Crippen LogP) is 3.19. The number of halogens is 1. The van der Waals surface area contributed by atoms with Crippen LogP contribution in [0.5, 0.6) is 5.75 Å². The molecule has 2 atom stereocenters. The number of benzene rings is 1. The Kier molecular flexibility index (Phi) is 3.72. The summed E-state index contributed by atoms with van der Waals surface area (Å²) in [5.41, 5.74) is 6.91. The van der Waals surface area contributed by atoms with E-state index in [9.17, 15) is 0 Å². The molecule has 0 amide bonds. The summed E-state index contributed by atoms with van der Waals surface area (Å²) in [7, 11) is 0. The van der Waals surface area contributed by atoms with Gasteiger partial charge in [0.2, 0.25) is 0 Å². The molecule has 2 rings (SSSR count). The molecule has 1 aromatic rings. The van der Waals surface area contributed by atoms with E-state index in [1.807, 2.05) is 18.2 Å². The normalized spacial score (nSPS) is 23.2. The molecule has 0 spiro atoms. The van der Waals surface area contributed by atoms with Crippen molar-refractivity contribution < 1.29 is 4.74 Å². The first-order chi connectivity index (χ1) is 7.76. The summed E-state index contributed by atoms with van der Waals surface area (Å²) in [5.74, 6) is 2.14. The fourth-order valence-corrected chi connectivity index (χ4v) is 2.22. The molecular weight excluding hydrogens is 222 g/mol. The van der Waals surface area contributed by atoms with Crippen molar-refractivity contribution in [2.75, 3.05) is 13.2 Å². The zero-order chi connectivity index (χ0) is 11.5. The number of rotatable bonds is 5. The molecular formula is C13H18ClNO. The van der Waals surface area contributed by atoms with Gasteiger partial charge in [-0.3, -0.25) is 0 Å². The van der Waals surface area contributed by atoms with E-state index in [4.69, 9.17) is 22.1 Å². The fourth-order valence-electron chi connectivity index (χ4n) is 2.04. The highest BCUT2D eigenvalue weighted by molar-refractivity contribution is 6.30. The average molecular weight is 240 g/mol. The van der Waals surface area contributed by atoms with Crippen LogP contribution in [0.25, 0.3) is 0 Å². The lowest BCUT2D eigenvalue weighted by molar-refractivity contribution is 0.314. The van der Waals surface area contributed by atoms with Gasteiger partial charge in [0.15, 0.2) is 0 Å². The third-order valence-corrected chi connectivity index (χ3v) is 3.29. The average Bonchev–Trinajstić information content (AvgIpc) is 3.06. The van der Waals surface area contributed by atoms with Crippen LogP contribution in [0.1, 0.15) is 31.2 Å². The summed E-state index contributed by atoms with van der Waals surface area (Å²) in [6, 6.07) is 5.88. The minimum Gasteiger partial charge on any atom is -0.493 e. The van der Waals surface area contributed by atoms with Crippen LogP contribution >= 0.6 is 11.6 Å². The third kappa shape index (κ3) is 2.50. The van der Waals surface area contributed by atoms with Crippen molar-refractivity contribution in [1.82, 2.24) is 0 Å². The highest BCUT2D eigenvalue weighted by Crippen LogP contribution is 2.50. The molecule has 0 unspecified atom stereocenters. The summed E-state index contributed by atoms with van der Waals surface area (Å²) >= 11 is 6.03. The molecule has 1 fully saturated rings. The Hall–Kier alpha value is -0.730. The molecule has 0 aromatic heterocycles. The van der Waals surface area contributed by atoms with Crippen molar-refractivity contribution in [3.05, 3.63) is 28.8 Å². The number of ether oxygens (including phenoxy) is 1. The number of nitrogens with two attached hydrogens (primary N) is 1. The van der Waals surface area contributed by atoms with Crippen LogP contribution in [0.15, 0.2) is 18.2 Å². The van der Waals surface area contributed by atoms with Crippen LogP contribution in [0.2, 0.25) is 5.02 Å². The zero-order valence-electron chi connectivity index (χ0n) is 9.58. The van der Waals surface area contributed by atoms with Gasteiger partial charge in [-0.25, -0.2) is 0 Å². The van der Waals surface area contributed by atoms with Gasteiger partial charge in [-0.05, 0) is 55.0 Å². The van der Waals surface area contributed by atoms with E-state index in [1.54, 1.807) is 0 Å². The largest absolute Gasteiger partial charge is 0.493 e. The SMILES string of the molecule is CCCOc1ccc(Cl)cc1[C@H]1C[C@@H]1CN. The molecule has 1 aliphatic rings.